The van der Waals surface area contributed by atoms with Crippen molar-refractivity contribution in [2.45, 2.75) is 57.4 Å². The van der Waals surface area contributed by atoms with Crippen LogP contribution in [0.2, 0.25) is 10.0 Å². The summed E-state index contributed by atoms with van der Waals surface area (Å²) in [6.07, 6.45) is -1.65. The van der Waals surface area contributed by atoms with Crippen molar-refractivity contribution < 1.29 is 29.0 Å². The van der Waals surface area contributed by atoms with Crippen molar-refractivity contribution in [1.82, 2.24) is 4.90 Å². The lowest BCUT2D eigenvalue weighted by molar-refractivity contribution is -0.188. The number of amides is 1. The zero-order valence-electron chi connectivity index (χ0n) is 18.9. The Morgan fingerprint density at radius 1 is 1.09 bits per heavy atom. The van der Waals surface area contributed by atoms with Gasteiger partial charge in [0, 0.05) is 10.0 Å². The first-order valence-electron chi connectivity index (χ1n) is 11.1. The maximum atomic E-state index is 13.7. The summed E-state index contributed by atoms with van der Waals surface area (Å²) in [4.78, 5) is 39.7. The molecule has 1 aliphatic rings. The van der Waals surface area contributed by atoms with Gasteiger partial charge in [0.15, 0.2) is 0 Å². The molecule has 0 aromatic heterocycles. The number of esters is 1. The highest BCUT2D eigenvalue weighted by atomic mass is 35.5. The van der Waals surface area contributed by atoms with Crippen molar-refractivity contribution in [3.8, 4) is 0 Å². The van der Waals surface area contributed by atoms with Gasteiger partial charge in [-0.15, -0.1) is 0 Å². The molecule has 3 rings (SSSR count). The molecule has 1 aliphatic heterocycles. The van der Waals surface area contributed by atoms with E-state index in [0.29, 0.717) is 34.0 Å². The molecule has 2 aromatic carbocycles. The Morgan fingerprint density at radius 2 is 1.79 bits per heavy atom. The number of morpholine rings is 1. The Labute approximate surface area is 208 Å². The molecule has 0 saturated carbocycles. The molecule has 34 heavy (non-hydrogen) atoms. The van der Waals surface area contributed by atoms with E-state index in [1.54, 1.807) is 55.5 Å². The summed E-state index contributed by atoms with van der Waals surface area (Å²) in [7, 11) is 0. The third-order valence-electron chi connectivity index (χ3n) is 5.63. The molecule has 1 N–H and O–H groups in total. The quantitative estimate of drug-likeness (QED) is 0.468. The monoisotopic (exact) mass is 507 g/mol. The predicted octanol–water partition coefficient (Wildman–Crippen LogP) is 5.21. The van der Waals surface area contributed by atoms with E-state index < -0.39 is 48.6 Å². The van der Waals surface area contributed by atoms with E-state index in [9.17, 15) is 19.5 Å². The zero-order valence-corrected chi connectivity index (χ0v) is 20.5. The Hall–Kier alpha value is -2.61. The van der Waals surface area contributed by atoms with E-state index in [2.05, 4.69) is 0 Å². The highest BCUT2D eigenvalue weighted by Crippen LogP contribution is 2.44. The zero-order chi connectivity index (χ0) is 24.8. The maximum absolute atomic E-state index is 13.7. The van der Waals surface area contributed by atoms with Gasteiger partial charge in [-0.2, -0.15) is 0 Å². The van der Waals surface area contributed by atoms with Crippen LogP contribution in [0.15, 0.2) is 48.5 Å². The van der Waals surface area contributed by atoms with E-state index in [0.717, 1.165) is 0 Å². The first kappa shape index (κ1) is 26.0. The van der Waals surface area contributed by atoms with Gasteiger partial charge in [-0.05, 0) is 48.7 Å². The predicted molar refractivity (Wildman–Crippen MR) is 128 cm³/mol. The van der Waals surface area contributed by atoms with Crippen molar-refractivity contribution in [2.24, 2.45) is 0 Å². The van der Waals surface area contributed by atoms with Crippen LogP contribution in [0.25, 0.3) is 0 Å². The van der Waals surface area contributed by atoms with Crippen molar-refractivity contribution in [3.05, 3.63) is 69.7 Å². The van der Waals surface area contributed by atoms with Crippen LogP contribution in [0.1, 0.15) is 56.4 Å². The number of carbonyl (C=O) groups excluding carboxylic acids is 2. The largest absolute Gasteiger partial charge is 0.481 e. The molecule has 0 aliphatic carbocycles. The lowest BCUT2D eigenvalue weighted by atomic mass is 9.89. The maximum Gasteiger partial charge on any atom is 0.328 e. The summed E-state index contributed by atoms with van der Waals surface area (Å²) in [5.41, 5.74) is 1.33. The van der Waals surface area contributed by atoms with E-state index in [1.807, 2.05) is 6.92 Å². The van der Waals surface area contributed by atoms with Crippen molar-refractivity contribution >= 4 is 41.0 Å². The van der Waals surface area contributed by atoms with Crippen LogP contribution in [-0.4, -0.2) is 46.6 Å². The highest BCUT2D eigenvalue weighted by molar-refractivity contribution is 6.30. The lowest BCUT2D eigenvalue weighted by Crippen LogP contribution is -2.57. The van der Waals surface area contributed by atoms with Gasteiger partial charge >= 0.3 is 11.9 Å². The minimum Gasteiger partial charge on any atom is -0.481 e. The molecule has 9 heteroatoms. The molecular weight excluding hydrogens is 481 g/mol. The number of rotatable bonds is 9. The Balaban J connectivity index is 2.21. The first-order chi connectivity index (χ1) is 16.3. The van der Waals surface area contributed by atoms with Crippen LogP contribution >= 0.6 is 23.2 Å². The van der Waals surface area contributed by atoms with Crippen LogP contribution in [-0.2, 0) is 23.9 Å². The summed E-state index contributed by atoms with van der Waals surface area (Å²) < 4.78 is 11.4. The van der Waals surface area contributed by atoms with E-state index in [1.165, 1.54) is 4.90 Å². The van der Waals surface area contributed by atoms with E-state index in [-0.39, 0.29) is 6.61 Å². The second-order valence-corrected chi connectivity index (χ2v) is 8.87. The van der Waals surface area contributed by atoms with Crippen LogP contribution in [0.5, 0.6) is 0 Å². The van der Waals surface area contributed by atoms with Crippen molar-refractivity contribution in [3.63, 3.8) is 0 Å². The van der Waals surface area contributed by atoms with Gasteiger partial charge in [0.2, 0.25) is 0 Å². The number of hydrogen-bond donors (Lipinski definition) is 1. The molecule has 0 unspecified atom stereocenters. The standard InChI is InChI=1S/C25H27Cl2NO6/c1-3-6-19(25(32)33-4-2)28-22(15-9-11-17(26)12-10-15)23(16-7-5-8-18(27)13-16)34-20(24(28)31)14-21(29)30/h5,7-13,19-20,22-23H,3-4,6,14H2,1-2H3,(H,29,30)/t19-,20-,22+,23-/m1/s1. The second-order valence-electron chi connectivity index (χ2n) is 8.00. The Bertz CT molecular complexity index is 1030. The molecular formula is C25H27Cl2NO6. The summed E-state index contributed by atoms with van der Waals surface area (Å²) in [6, 6.07) is 12.2. The first-order valence-corrected chi connectivity index (χ1v) is 11.9. The van der Waals surface area contributed by atoms with Gasteiger partial charge in [-0.1, -0.05) is 60.8 Å². The number of carboxylic acid groups (broad SMARTS) is 1. The molecule has 2 aromatic rings. The summed E-state index contributed by atoms with van der Waals surface area (Å²) >= 11 is 12.4. The highest BCUT2D eigenvalue weighted by Gasteiger charge is 2.49. The molecule has 7 nitrogen and oxygen atoms in total. The third kappa shape index (κ3) is 5.90. The smallest absolute Gasteiger partial charge is 0.328 e. The van der Waals surface area contributed by atoms with Crippen molar-refractivity contribution in [1.29, 1.82) is 0 Å². The topological polar surface area (TPSA) is 93.1 Å². The third-order valence-corrected chi connectivity index (χ3v) is 6.12. The average molecular weight is 508 g/mol. The van der Waals surface area contributed by atoms with Gasteiger partial charge in [-0.3, -0.25) is 9.59 Å². The fourth-order valence-electron chi connectivity index (χ4n) is 4.22. The molecule has 182 valence electrons. The minimum absolute atomic E-state index is 0.152. The number of benzene rings is 2. The lowest BCUT2D eigenvalue weighted by Gasteiger charge is -2.47. The van der Waals surface area contributed by atoms with Crippen molar-refractivity contribution in [2.75, 3.05) is 6.61 Å². The van der Waals surface area contributed by atoms with Crippen LogP contribution in [0.3, 0.4) is 0 Å². The second kappa shape index (κ2) is 11.7. The molecule has 4 atom stereocenters. The number of aliphatic carboxylic acids is 1. The number of hydrogen-bond acceptors (Lipinski definition) is 5. The molecule has 1 amide bonds. The van der Waals surface area contributed by atoms with E-state index >= 15 is 0 Å². The molecule has 0 radical (unpaired) electrons. The van der Waals surface area contributed by atoms with Gasteiger partial charge in [-0.25, -0.2) is 4.79 Å². The molecule has 0 bridgehead atoms. The fourth-order valence-corrected chi connectivity index (χ4v) is 4.55. The van der Waals surface area contributed by atoms with Gasteiger partial charge < -0.3 is 19.5 Å². The van der Waals surface area contributed by atoms with E-state index in [4.69, 9.17) is 32.7 Å². The van der Waals surface area contributed by atoms with Crippen LogP contribution < -0.4 is 0 Å². The average Bonchev–Trinajstić information content (AvgIpc) is 2.79. The number of nitrogens with zero attached hydrogens (tertiary/aromatic N) is 1. The molecule has 1 fully saturated rings. The van der Waals surface area contributed by atoms with Crippen LogP contribution in [0.4, 0.5) is 0 Å². The number of carbonyl (C=O) groups is 3. The number of ether oxygens (including phenoxy) is 2. The Kier molecular flexibility index (Phi) is 8.94. The normalized spacial score (nSPS) is 21.2. The molecule has 1 heterocycles. The van der Waals surface area contributed by atoms with Gasteiger partial charge in [0.05, 0.1) is 19.1 Å². The van der Waals surface area contributed by atoms with Crippen LogP contribution in [0, 0.1) is 0 Å². The fraction of sp³-hybridized carbons (Fsp3) is 0.400. The Morgan fingerprint density at radius 3 is 2.38 bits per heavy atom. The molecule has 0 spiro atoms. The SMILES string of the molecule is CCC[C@H](C(=O)OCC)N1C(=O)[C@@H](CC(=O)O)O[C@H](c2cccc(Cl)c2)[C@@H]1c1ccc(Cl)cc1. The molecule has 1 saturated heterocycles. The minimum atomic E-state index is -1.28. The summed E-state index contributed by atoms with van der Waals surface area (Å²) in [5.74, 6) is -2.30. The number of halogens is 2. The summed E-state index contributed by atoms with van der Waals surface area (Å²) in [5, 5.41) is 10.4. The number of carboxylic acids is 1. The summed E-state index contributed by atoms with van der Waals surface area (Å²) in [6.45, 7) is 3.75. The van der Waals surface area contributed by atoms with Gasteiger partial charge in [0.25, 0.3) is 5.91 Å². The van der Waals surface area contributed by atoms with Gasteiger partial charge in [0.1, 0.15) is 18.2 Å².